The molecule has 7 heteroatoms. The number of carbonyl (C=O) groups excluding carboxylic acids is 1. The van der Waals surface area contributed by atoms with Crippen molar-refractivity contribution in [3.05, 3.63) is 17.8 Å². The van der Waals surface area contributed by atoms with Crippen LogP contribution in [0, 0.1) is 11.3 Å². The molecule has 1 saturated heterocycles. The average Bonchev–Trinajstić information content (AvgIpc) is 3.07. The molecule has 1 amide bonds. The number of anilines is 1. The molecule has 1 N–H and O–H groups in total. The van der Waals surface area contributed by atoms with Crippen LogP contribution < -0.4 is 10.2 Å². The summed E-state index contributed by atoms with van der Waals surface area (Å²) in [6.07, 6.45) is 3.38. The number of nitrogens with one attached hydrogen (secondary N) is 1. The zero-order valence-corrected chi connectivity index (χ0v) is 17.0. The van der Waals surface area contributed by atoms with Gasteiger partial charge < -0.3 is 15.1 Å². The van der Waals surface area contributed by atoms with Crippen molar-refractivity contribution >= 4 is 33.3 Å². The number of hydrogen-bond donors (Lipinski definition) is 1. The van der Waals surface area contributed by atoms with E-state index in [-0.39, 0.29) is 17.2 Å². The third-order valence-corrected chi connectivity index (χ3v) is 5.77. The highest BCUT2D eigenvalue weighted by molar-refractivity contribution is 7.17. The number of fused-ring (bicyclic) bond motifs is 1. The SMILES string of the molecule is CN(C)CC(C)(C)CNC(=O)C1CCN(c2ncnc3ccsc23)CC1. The van der Waals surface area contributed by atoms with Crippen LogP contribution in [0.15, 0.2) is 17.8 Å². The van der Waals surface area contributed by atoms with E-state index in [4.69, 9.17) is 0 Å². The lowest BCUT2D eigenvalue weighted by Crippen LogP contribution is -2.45. The molecule has 0 spiro atoms. The molecule has 1 aliphatic heterocycles. The molecule has 3 rings (SSSR count). The second-order valence-corrected chi connectivity index (χ2v) is 9.13. The van der Waals surface area contributed by atoms with Gasteiger partial charge in [-0.1, -0.05) is 13.8 Å². The lowest BCUT2D eigenvalue weighted by atomic mass is 9.91. The smallest absolute Gasteiger partial charge is 0.223 e. The number of nitrogens with zero attached hydrogens (tertiary/aromatic N) is 4. The summed E-state index contributed by atoms with van der Waals surface area (Å²) < 4.78 is 1.14. The van der Waals surface area contributed by atoms with E-state index in [2.05, 4.69) is 58.4 Å². The Balaban J connectivity index is 1.53. The molecule has 3 heterocycles. The first-order valence-electron chi connectivity index (χ1n) is 9.21. The van der Waals surface area contributed by atoms with Crippen molar-refractivity contribution in [1.29, 1.82) is 0 Å². The predicted molar refractivity (Wildman–Crippen MR) is 108 cm³/mol. The van der Waals surface area contributed by atoms with Crippen LogP contribution in [0.25, 0.3) is 10.2 Å². The molecule has 1 aliphatic rings. The van der Waals surface area contributed by atoms with E-state index in [0.717, 1.165) is 48.5 Å². The molecule has 0 atom stereocenters. The summed E-state index contributed by atoms with van der Waals surface area (Å²) in [7, 11) is 4.13. The van der Waals surface area contributed by atoms with E-state index < -0.39 is 0 Å². The van der Waals surface area contributed by atoms with Gasteiger partial charge in [-0.15, -0.1) is 11.3 Å². The molecule has 0 aliphatic carbocycles. The summed E-state index contributed by atoms with van der Waals surface area (Å²) in [5, 5.41) is 5.22. The summed E-state index contributed by atoms with van der Waals surface area (Å²) >= 11 is 1.68. The molecular weight excluding hydrogens is 346 g/mol. The van der Waals surface area contributed by atoms with Crippen LogP contribution >= 0.6 is 11.3 Å². The highest BCUT2D eigenvalue weighted by atomic mass is 32.1. The fourth-order valence-electron chi connectivity index (χ4n) is 3.74. The number of carbonyl (C=O) groups is 1. The molecule has 1 fully saturated rings. The Labute approximate surface area is 159 Å². The Morgan fingerprint density at radius 3 is 2.77 bits per heavy atom. The molecule has 0 unspecified atom stereocenters. The van der Waals surface area contributed by atoms with Gasteiger partial charge in [-0.05, 0) is 43.8 Å². The van der Waals surface area contributed by atoms with E-state index in [1.54, 1.807) is 17.7 Å². The minimum Gasteiger partial charge on any atom is -0.355 e. The van der Waals surface area contributed by atoms with Gasteiger partial charge in [0, 0.05) is 32.1 Å². The van der Waals surface area contributed by atoms with E-state index in [1.807, 2.05) is 6.07 Å². The zero-order chi connectivity index (χ0) is 18.7. The highest BCUT2D eigenvalue weighted by Crippen LogP contribution is 2.30. The fraction of sp³-hybridized carbons (Fsp3) is 0.632. The van der Waals surface area contributed by atoms with E-state index in [1.165, 1.54) is 0 Å². The Kier molecular flexibility index (Phi) is 5.77. The first-order chi connectivity index (χ1) is 12.4. The second kappa shape index (κ2) is 7.88. The summed E-state index contributed by atoms with van der Waals surface area (Å²) in [5.74, 6) is 1.30. The Bertz CT molecular complexity index is 749. The van der Waals surface area contributed by atoms with Crippen LogP contribution in [0.4, 0.5) is 5.82 Å². The molecular formula is C19H29N5OS. The van der Waals surface area contributed by atoms with E-state index in [9.17, 15) is 4.79 Å². The number of rotatable bonds is 6. The Morgan fingerprint density at radius 2 is 2.08 bits per heavy atom. The van der Waals surface area contributed by atoms with Gasteiger partial charge in [0.05, 0.1) is 10.2 Å². The molecule has 26 heavy (non-hydrogen) atoms. The molecule has 6 nitrogen and oxygen atoms in total. The van der Waals surface area contributed by atoms with Gasteiger partial charge in [-0.3, -0.25) is 4.79 Å². The van der Waals surface area contributed by atoms with Crippen LogP contribution in [0.5, 0.6) is 0 Å². The second-order valence-electron chi connectivity index (χ2n) is 8.21. The largest absolute Gasteiger partial charge is 0.355 e. The van der Waals surface area contributed by atoms with Gasteiger partial charge in [0.1, 0.15) is 12.1 Å². The summed E-state index contributed by atoms with van der Waals surface area (Å²) in [5.41, 5.74) is 1.08. The number of hydrogen-bond acceptors (Lipinski definition) is 6. The normalized spacial score (nSPS) is 16.4. The van der Waals surface area contributed by atoms with Crippen LogP contribution in [-0.2, 0) is 4.79 Å². The zero-order valence-electron chi connectivity index (χ0n) is 16.2. The lowest BCUT2D eigenvalue weighted by Gasteiger charge is -2.33. The Hall–Kier alpha value is -1.73. The van der Waals surface area contributed by atoms with Crippen molar-refractivity contribution in [2.24, 2.45) is 11.3 Å². The van der Waals surface area contributed by atoms with E-state index >= 15 is 0 Å². The predicted octanol–water partition coefficient (Wildman–Crippen LogP) is 2.61. The van der Waals surface area contributed by atoms with Crippen molar-refractivity contribution < 1.29 is 4.79 Å². The molecule has 0 saturated carbocycles. The van der Waals surface area contributed by atoms with Crippen molar-refractivity contribution in [3.63, 3.8) is 0 Å². The van der Waals surface area contributed by atoms with E-state index in [0.29, 0.717) is 6.54 Å². The number of thiophene rings is 1. The molecule has 0 radical (unpaired) electrons. The first kappa shape index (κ1) is 19.0. The number of aromatic nitrogens is 2. The Morgan fingerprint density at radius 1 is 1.35 bits per heavy atom. The van der Waals surface area contributed by atoms with Gasteiger partial charge >= 0.3 is 0 Å². The number of amides is 1. The number of piperidine rings is 1. The maximum atomic E-state index is 12.6. The van der Waals surface area contributed by atoms with Crippen LogP contribution in [0.1, 0.15) is 26.7 Å². The molecule has 142 valence electrons. The quantitative estimate of drug-likeness (QED) is 0.841. The highest BCUT2D eigenvalue weighted by Gasteiger charge is 2.28. The van der Waals surface area contributed by atoms with Crippen molar-refractivity contribution in [2.45, 2.75) is 26.7 Å². The molecule has 0 aromatic carbocycles. The van der Waals surface area contributed by atoms with Gasteiger partial charge in [0.15, 0.2) is 0 Å². The first-order valence-corrected chi connectivity index (χ1v) is 10.1. The third-order valence-electron chi connectivity index (χ3n) is 4.88. The monoisotopic (exact) mass is 375 g/mol. The van der Waals surface area contributed by atoms with Crippen LogP contribution in [-0.4, -0.2) is 61.0 Å². The average molecular weight is 376 g/mol. The van der Waals surface area contributed by atoms with Crippen molar-refractivity contribution in [2.75, 3.05) is 45.2 Å². The summed E-state index contributed by atoms with van der Waals surface area (Å²) in [6, 6.07) is 2.03. The van der Waals surface area contributed by atoms with Gasteiger partial charge in [-0.2, -0.15) is 0 Å². The maximum absolute atomic E-state index is 12.6. The summed E-state index contributed by atoms with van der Waals surface area (Å²) in [6.45, 7) is 7.78. The van der Waals surface area contributed by atoms with Crippen LogP contribution in [0.3, 0.4) is 0 Å². The molecule has 2 aromatic heterocycles. The van der Waals surface area contributed by atoms with Gasteiger partial charge in [0.25, 0.3) is 0 Å². The maximum Gasteiger partial charge on any atom is 0.223 e. The lowest BCUT2D eigenvalue weighted by molar-refractivity contribution is -0.126. The minimum atomic E-state index is 0.0750. The van der Waals surface area contributed by atoms with Gasteiger partial charge in [-0.25, -0.2) is 9.97 Å². The molecule has 2 aromatic rings. The topological polar surface area (TPSA) is 61.4 Å². The van der Waals surface area contributed by atoms with Crippen molar-refractivity contribution in [1.82, 2.24) is 20.2 Å². The minimum absolute atomic E-state index is 0.0750. The molecule has 0 bridgehead atoms. The van der Waals surface area contributed by atoms with Crippen LogP contribution in [0.2, 0.25) is 0 Å². The summed E-state index contributed by atoms with van der Waals surface area (Å²) in [4.78, 5) is 25.8. The van der Waals surface area contributed by atoms with Crippen molar-refractivity contribution in [3.8, 4) is 0 Å². The van der Waals surface area contributed by atoms with Gasteiger partial charge in [0.2, 0.25) is 5.91 Å². The standard InChI is InChI=1S/C19H29N5OS/c1-19(2,12-23(3)4)11-20-18(25)14-5-8-24(9-6-14)17-16-15(7-10-26-16)21-13-22-17/h7,10,13-14H,5-6,8-9,11-12H2,1-4H3,(H,20,25). The third kappa shape index (κ3) is 4.51. The fourth-order valence-corrected chi connectivity index (χ4v) is 4.60.